The summed E-state index contributed by atoms with van der Waals surface area (Å²) in [5.74, 6) is 0. The fraction of sp³-hybridized carbons (Fsp3) is 0.125. The summed E-state index contributed by atoms with van der Waals surface area (Å²) in [6.07, 6.45) is 0.934. The van der Waals surface area contributed by atoms with E-state index in [1.807, 2.05) is 12.7 Å². The normalized spacial score (nSPS) is 16.4. The van der Waals surface area contributed by atoms with Gasteiger partial charge in [-0.1, -0.05) is 18.2 Å². The zero-order valence-electron chi connectivity index (χ0n) is 5.41. The summed E-state index contributed by atoms with van der Waals surface area (Å²) in [5, 5.41) is 0. The quantitative estimate of drug-likeness (QED) is 0.527. The molecule has 2 rings (SSSR count). The van der Waals surface area contributed by atoms with E-state index in [4.69, 9.17) is 4.18 Å². The van der Waals surface area contributed by atoms with Gasteiger partial charge in [-0.05, 0) is 11.6 Å². The van der Waals surface area contributed by atoms with Crippen molar-refractivity contribution in [2.75, 3.05) is 0 Å². The molecule has 1 aliphatic rings. The summed E-state index contributed by atoms with van der Waals surface area (Å²) in [6.45, 7) is 1.83. The molecule has 0 spiro atoms. The van der Waals surface area contributed by atoms with Crippen molar-refractivity contribution in [1.82, 2.24) is 0 Å². The van der Waals surface area contributed by atoms with Crippen LogP contribution >= 0.6 is 12.0 Å². The number of hydrogen-bond acceptors (Lipinski definition) is 2. The lowest BCUT2D eigenvalue weighted by Gasteiger charge is -2.12. The van der Waals surface area contributed by atoms with Crippen molar-refractivity contribution in [3.8, 4) is 0 Å². The molecule has 0 atom stereocenters. The molecule has 1 aromatic rings. The van der Waals surface area contributed by atoms with Crippen LogP contribution in [0.15, 0.2) is 29.2 Å². The molecule has 1 nitrogen and oxygen atoms in total. The van der Waals surface area contributed by atoms with Crippen molar-refractivity contribution in [3.05, 3.63) is 36.4 Å². The molecular weight excluding hydrogens is 144 g/mol. The van der Waals surface area contributed by atoms with Crippen LogP contribution in [0.2, 0.25) is 0 Å². The molecule has 0 unspecified atom stereocenters. The number of hydrogen-bond donors (Lipinski definition) is 0. The van der Waals surface area contributed by atoms with Crippen LogP contribution in [0.1, 0.15) is 5.56 Å². The van der Waals surface area contributed by atoms with Crippen LogP contribution in [-0.4, -0.2) is 0 Å². The zero-order chi connectivity index (χ0) is 6.81. The average Bonchev–Trinajstić information content (AvgIpc) is 2.05. The first-order valence-corrected chi connectivity index (χ1v) is 3.94. The molecule has 0 amide bonds. The minimum absolute atomic E-state index is 0.934. The van der Waals surface area contributed by atoms with Crippen molar-refractivity contribution >= 4 is 12.0 Å². The van der Waals surface area contributed by atoms with Crippen molar-refractivity contribution in [3.63, 3.8) is 0 Å². The zero-order valence-corrected chi connectivity index (χ0v) is 6.23. The van der Waals surface area contributed by atoms with Gasteiger partial charge in [0.1, 0.15) is 6.61 Å². The molecular formula is C8H7OS. The summed E-state index contributed by atoms with van der Waals surface area (Å²) in [4.78, 5) is 1.24. The van der Waals surface area contributed by atoms with E-state index in [0.717, 1.165) is 6.42 Å². The smallest absolute Gasteiger partial charge is 0.104 e. The molecule has 1 aliphatic heterocycles. The van der Waals surface area contributed by atoms with Crippen LogP contribution in [0.25, 0.3) is 0 Å². The second-order valence-electron chi connectivity index (χ2n) is 2.16. The molecule has 10 heavy (non-hydrogen) atoms. The molecule has 0 N–H and O–H groups in total. The summed E-state index contributed by atoms with van der Waals surface area (Å²) in [6, 6.07) is 8.29. The maximum Gasteiger partial charge on any atom is 0.104 e. The van der Waals surface area contributed by atoms with Crippen LogP contribution in [0.4, 0.5) is 0 Å². The first-order chi connectivity index (χ1) is 4.97. The largest absolute Gasteiger partial charge is 0.304 e. The second-order valence-corrected chi connectivity index (χ2v) is 2.96. The van der Waals surface area contributed by atoms with Gasteiger partial charge in [0.05, 0.1) is 0 Å². The third-order valence-electron chi connectivity index (χ3n) is 1.48. The average molecular weight is 151 g/mol. The summed E-state index contributed by atoms with van der Waals surface area (Å²) in [7, 11) is 0. The molecule has 51 valence electrons. The van der Waals surface area contributed by atoms with Gasteiger partial charge in [-0.25, -0.2) is 0 Å². The van der Waals surface area contributed by atoms with Crippen LogP contribution in [0.5, 0.6) is 0 Å². The SMILES string of the molecule is [CH]1Cc2ccccc2SO1. The van der Waals surface area contributed by atoms with E-state index >= 15 is 0 Å². The van der Waals surface area contributed by atoms with Crippen LogP contribution < -0.4 is 0 Å². The van der Waals surface area contributed by atoms with Gasteiger partial charge in [-0.2, -0.15) is 0 Å². The Morgan fingerprint density at radius 3 is 3.10 bits per heavy atom. The first kappa shape index (κ1) is 6.25. The Morgan fingerprint density at radius 1 is 1.30 bits per heavy atom. The molecule has 0 aliphatic carbocycles. The highest BCUT2D eigenvalue weighted by molar-refractivity contribution is 7.94. The molecule has 0 saturated heterocycles. The highest BCUT2D eigenvalue weighted by Gasteiger charge is 2.08. The minimum atomic E-state index is 0.934. The number of benzene rings is 1. The van der Waals surface area contributed by atoms with Crippen LogP contribution in [0, 0.1) is 6.61 Å². The van der Waals surface area contributed by atoms with Gasteiger partial charge in [-0.3, -0.25) is 0 Å². The van der Waals surface area contributed by atoms with E-state index in [0.29, 0.717) is 0 Å². The van der Waals surface area contributed by atoms with Crippen molar-refractivity contribution in [2.45, 2.75) is 11.3 Å². The maximum absolute atomic E-state index is 5.09. The van der Waals surface area contributed by atoms with Gasteiger partial charge in [-0.15, -0.1) is 0 Å². The first-order valence-electron chi connectivity index (χ1n) is 3.20. The lowest BCUT2D eigenvalue weighted by atomic mass is 10.2. The predicted octanol–water partition coefficient (Wildman–Crippen LogP) is 2.43. The van der Waals surface area contributed by atoms with Gasteiger partial charge in [0.25, 0.3) is 0 Å². The molecule has 1 heterocycles. The molecule has 1 radical (unpaired) electrons. The van der Waals surface area contributed by atoms with E-state index in [1.165, 1.54) is 22.5 Å². The Kier molecular flexibility index (Phi) is 1.65. The van der Waals surface area contributed by atoms with Gasteiger partial charge >= 0.3 is 0 Å². The Bertz CT molecular complexity index is 209. The van der Waals surface area contributed by atoms with E-state index in [-0.39, 0.29) is 0 Å². The van der Waals surface area contributed by atoms with Gasteiger partial charge in [0.15, 0.2) is 0 Å². The van der Waals surface area contributed by atoms with Crippen molar-refractivity contribution < 1.29 is 4.18 Å². The summed E-state index contributed by atoms with van der Waals surface area (Å²) < 4.78 is 5.09. The van der Waals surface area contributed by atoms with Crippen LogP contribution in [-0.2, 0) is 10.6 Å². The molecule has 0 bridgehead atoms. The van der Waals surface area contributed by atoms with Gasteiger partial charge < -0.3 is 4.18 Å². The Balaban J connectivity index is 2.41. The lowest BCUT2D eigenvalue weighted by Crippen LogP contribution is -1.95. The maximum atomic E-state index is 5.09. The molecule has 0 fully saturated rings. The molecule has 2 heteroatoms. The Hall–Kier alpha value is -0.470. The van der Waals surface area contributed by atoms with Crippen molar-refractivity contribution in [1.29, 1.82) is 0 Å². The predicted molar refractivity (Wildman–Crippen MR) is 41.4 cm³/mol. The Morgan fingerprint density at radius 2 is 2.20 bits per heavy atom. The highest BCUT2D eigenvalue weighted by atomic mass is 32.2. The Labute approximate surface area is 64.6 Å². The van der Waals surface area contributed by atoms with Gasteiger partial charge in [0, 0.05) is 23.4 Å². The number of rotatable bonds is 0. The third kappa shape index (κ3) is 1.04. The van der Waals surface area contributed by atoms with E-state index in [9.17, 15) is 0 Å². The topological polar surface area (TPSA) is 9.23 Å². The standard InChI is InChI=1S/C8H7OS/c1-2-4-8-7(3-1)5-6-9-10-8/h1-4,6H,5H2. The third-order valence-corrected chi connectivity index (χ3v) is 2.29. The monoisotopic (exact) mass is 151 g/mol. The second kappa shape index (κ2) is 2.64. The van der Waals surface area contributed by atoms with E-state index in [1.54, 1.807) is 0 Å². The van der Waals surface area contributed by atoms with Crippen molar-refractivity contribution in [2.24, 2.45) is 0 Å². The lowest BCUT2D eigenvalue weighted by molar-refractivity contribution is 0.457. The van der Waals surface area contributed by atoms with E-state index in [2.05, 4.69) is 18.2 Å². The molecule has 0 saturated carbocycles. The summed E-state index contributed by atoms with van der Waals surface area (Å²) >= 11 is 1.43. The number of fused-ring (bicyclic) bond motifs is 1. The summed E-state index contributed by atoms with van der Waals surface area (Å²) in [5.41, 5.74) is 1.36. The molecule has 0 aromatic heterocycles. The molecule has 1 aromatic carbocycles. The van der Waals surface area contributed by atoms with Gasteiger partial charge in [0.2, 0.25) is 0 Å². The van der Waals surface area contributed by atoms with Crippen LogP contribution in [0.3, 0.4) is 0 Å². The fourth-order valence-electron chi connectivity index (χ4n) is 0.963. The fourth-order valence-corrected chi connectivity index (χ4v) is 1.60. The highest BCUT2D eigenvalue weighted by Crippen LogP contribution is 2.29. The minimum Gasteiger partial charge on any atom is -0.304 e. The van der Waals surface area contributed by atoms with E-state index < -0.39 is 0 Å².